The molecule has 3 aromatic rings. The Labute approximate surface area is 209 Å². The molecular formula is C26H34N6O2S. The topological polar surface area (TPSA) is 76.4 Å². The summed E-state index contributed by atoms with van der Waals surface area (Å²) in [6.45, 7) is 4.11. The van der Waals surface area contributed by atoms with E-state index in [9.17, 15) is 4.21 Å². The summed E-state index contributed by atoms with van der Waals surface area (Å²) >= 11 is 0. The number of hydrogen-bond acceptors (Lipinski definition) is 7. The normalized spacial score (nSPS) is 19.9. The van der Waals surface area contributed by atoms with Crippen LogP contribution in [0.3, 0.4) is 0 Å². The fraction of sp³-hybridized carbons (Fsp3) is 0.500. The second-order valence-corrected chi connectivity index (χ2v) is 10.9. The van der Waals surface area contributed by atoms with Crippen molar-refractivity contribution in [3.63, 3.8) is 0 Å². The molecule has 1 saturated heterocycles. The van der Waals surface area contributed by atoms with Gasteiger partial charge in [0.15, 0.2) is 5.82 Å². The Bertz CT molecular complexity index is 1120. The molecule has 0 amide bonds. The summed E-state index contributed by atoms with van der Waals surface area (Å²) in [6, 6.07) is 16.2. The molecule has 8 nitrogen and oxygen atoms in total. The number of aryl methyl sites for hydroxylation is 1. The maximum atomic E-state index is 13.1. The average molecular weight is 495 g/mol. The van der Waals surface area contributed by atoms with E-state index in [0.29, 0.717) is 0 Å². The van der Waals surface area contributed by atoms with Crippen LogP contribution >= 0.6 is 0 Å². The second kappa shape index (κ2) is 11.0. The Morgan fingerprint density at radius 3 is 2.11 bits per heavy atom. The van der Waals surface area contributed by atoms with Crippen LogP contribution in [-0.2, 0) is 17.8 Å². The molecule has 2 heterocycles. The van der Waals surface area contributed by atoms with Crippen molar-refractivity contribution < 1.29 is 8.95 Å². The molecule has 2 fully saturated rings. The zero-order valence-corrected chi connectivity index (χ0v) is 21.4. The van der Waals surface area contributed by atoms with Crippen molar-refractivity contribution in [3.05, 3.63) is 59.9 Å². The van der Waals surface area contributed by atoms with Gasteiger partial charge in [-0.25, -0.2) is 8.89 Å². The Balaban J connectivity index is 1.34. The Morgan fingerprint density at radius 1 is 0.914 bits per heavy atom. The molecule has 0 bridgehead atoms. The van der Waals surface area contributed by atoms with Crippen LogP contribution in [0.15, 0.2) is 58.3 Å². The van der Waals surface area contributed by atoms with Crippen LogP contribution in [0.4, 0.5) is 0 Å². The van der Waals surface area contributed by atoms with E-state index in [1.807, 2.05) is 43.4 Å². The molecule has 0 radical (unpaired) electrons. The van der Waals surface area contributed by atoms with E-state index < -0.39 is 10.8 Å². The fourth-order valence-corrected chi connectivity index (χ4v) is 6.45. The lowest BCUT2D eigenvalue weighted by molar-refractivity contribution is 0.0622. The first-order valence-electron chi connectivity index (χ1n) is 12.5. The lowest BCUT2D eigenvalue weighted by Crippen LogP contribution is -2.52. The Hall–Kier alpha value is -2.62. The highest BCUT2D eigenvalue weighted by Gasteiger charge is 2.32. The van der Waals surface area contributed by atoms with Gasteiger partial charge in [-0.1, -0.05) is 31.4 Å². The highest BCUT2D eigenvalue weighted by Crippen LogP contribution is 2.31. The molecule has 2 aliphatic rings. The van der Waals surface area contributed by atoms with Crippen molar-refractivity contribution in [1.82, 2.24) is 30.0 Å². The number of hydrogen-bond donors (Lipinski definition) is 0. The largest absolute Gasteiger partial charge is 0.497 e. The number of benzene rings is 2. The minimum atomic E-state index is -1.25. The lowest BCUT2D eigenvalue weighted by atomic mass is 9.93. The van der Waals surface area contributed by atoms with Crippen molar-refractivity contribution in [1.29, 1.82) is 0 Å². The quantitative estimate of drug-likeness (QED) is 0.498. The number of methoxy groups -OCH3 is 1. The fourth-order valence-electron chi connectivity index (χ4n) is 5.41. The van der Waals surface area contributed by atoms with Crippen LogP contribution in [0.25, 0.3) is 0 Å². The number of aromatic nitrogens is 4. The molecule has 186 valence electrons. The third-order valence-electron chi connectivity index (χ3n) is 7.39. The first-order chi connectivity index (χ1) is 17.1. The first-order valence-corrected chi connectivity index (χ1v) is 13.6. The van der Waals surface area contributed by atoms with E-state index in [-0.39, 0.29) is 6.04 Å². The summed E-state index contributed by atoms with van der Waals surface area (Å²) in [5, 5.41) is 12.4. The zero-order chi connectivity index (χ0) is 24.2. The minimum absolute atomic E-state index is 0.0352. The number of nitrogens with zero attached hydrogens (tertiary/aromatic N) is 6. The molecule has 2 aromatic carbocycles. The lowest BCUT2D eigenvalue weighted by Gasteiger charge is -2.43. The van der Waals surface area contributed by atoms with Crippen LogP contribution in [-0.4, -0.2) is 73.5 Å². The summed E-state index contributed by atoms with van der Waals surface area (Å²) in [5.74, 6) is 1.59. The predicted octanol–water partition coefficient (Wildman–Crippen LogP) is 3.43. The molecule has 9 heteroatoms. The van der Waals surface area contributed by atoms with Crippen molar-refractivity contribution in [2.24, 2.45) is 7.05 Å². The van der Waals surface area contributed by atoms with Crippen LogP contribution in [0.2, 0.25) is 0 Å². The van der Waals surface area contributed by atoms with Gasteiger partial charge in [-0.3, -0.25) is 9.80 Å². The molecule has 0 spiro atoms. The van der Waals surface area contributed by atoms with Gasteiger partial charge in [0.25, 0.3) is 0 Å². The molecule has 1 aromatic heterocycles. The van der Waals surface area contributed by atoms with Crippen LogP contribution in [0.5, 0.6) is 5.75 Å². The van der Waals surface area contributed by atoms with E-state index in [4.69, 9.17) is 4.74 Å². The van der Waals surface area contributed by atoms with E-state index in [1.54, 1.807) is 11.8 Å². The highest BCUT2D eigenvalue weighted by atomic mass is 32.2. The van der Waals surface area contributed by atoms with E-state index in [0.717, 1.165) is 59.1 Å². The molecule has 35 heavy (non-hydrogen) atoms. The van der Waals surface area contributed by atoms with Gasteiger partial charge < -0.3 is 4.74 Å². The van der Waals surface area contributed by atoms with Gasteiger partial charge in [-0.15, -0.1) is 5.10 Å². The molecule has 0 N–H and O–H groups in total. The first kappa shape index (κ1) is 24.1. The molecule has 2 atom stereocenters. The van der Waals surface area contributed by atoms with E-state index >= 15 is 0 Å². The van der Waals surface area contributed by atoms with Crippen molar-refractivity contribution in [3.8, 4) is 5.75 Å². The van der Waals surface area contributed by atoms with Crippen LogP contribution in [0, 0.1) is 0 Å². The maximum Gasteiger partial charge on any atom is 0.172 e. The molecule has 1 aliphatic carbocycles. The molecule has 1 aliphatic heterocycles. The second-order valence-electron chi connectivity index (χ2n) is 9.44. The third-order valence-corrected chi connectivity index (χ3v) is 8.79. The highest BCUT2D eigenvalue weighted by molar-refractivity contribution is 7.85. The standard InChI is InChI=1S/C26H34N6O2S/c1-30-26(27-28-29-30)25(32-18-16-31(17-19-32)21-6-4-3-5-7-21)20-8-12-23(13-9-20)35(33)24-14-10-22(34-2)11-15-24/h8-15,21,25H,3-7,16-19H2,1-2H3. The summed E-state index contributed by atoms with van der Waals surface area (Å²) in [7, 11) is 2.27. The third kappa shape index (κ3) is 5.32. The van der Waals surface area contributed by atoms with Gasteiger partial charge in [0.1, 0.15) is 5.75 Å². The zero-order valence-electron chi connectivity index (χ0n) is 20.5. The Kier molecular flexibility index (Phi) is 7.55. The SMILES string of the molecule is COc1ccc(S(=O)c2ccc(C(c3nnnn3C)N3CCN(C4CCCCC4)CC3)cc2)cc1. The maximum absolute atomic E-state index is 13.1. The van der Waals surface area contributed by atoms with Crippen molar-refractivity contribution >= 4 is 10.8 Å². The Morgan fingerprint density at radius 2 is 1.54 bits per heavy atom. The number of piperazine rings is 1. The van der Waals surface area contributed by atoms with Gasteiger partial charge in [-0.2, -0.15) is 0 Å². The van der Waals surface area contributed by atoms with E-state index in [1.165, 1.54) is 32.1 Å². The van der Waals surface area contributed by atoms with Gasteiger partial charge in [0.2, 0.25) is 0 Å². The van der Waals surface area contributed by atoms with Gasteiger partial charge in [0.05, 0.1) is 24.0 Å². The van der Waals surface area contributed by atoms with Gasteiger partial charge in [0, 0.05) is 49.1 Å². The molecular weight excluding hydrogens is 460 g/mol. The van der Waals surface area contributed by atoms with Crippen LogP contribution in [0.1, 0.15) is 49.5 Å². The molecule has 1 saturated carbocycles. The molecule has 5 rings (SSSR count). The number of ether oxygens (including phenoxy) is 1. The average Bonchev–Trinajstić information content (AvgIpc) is 3.35. The van der Waals surface area contributed by atoms with E-state index in [2.05, 4.69) is 37.5 Å². The minimum Gasteiger partial charge on any atom is -0.497 e. The smallest absolute Gasteiger partial charge is 0.172 e. The summed E-state index contributed by atoms with van der Waals surface area (Å²) in [6.07, 6.45) is 6.79. The van der Waals surface area contributed by atoms with Crippen molar-refractivity contribution in [2.75, 3.05) is 33.3 Å². The van der Waals surface area contributed by atoms with Crippen molar-refractivity contribution in [2.45, 2.75) is 54.0 Å². The predicted molar refractivity (Wildman–Crippen MR) is 135 cm³/mol. The van der Waals surface area contributed by atoms with Gasteiger partial charge >= 0.3 is 0 Å². The summed E-state index contributed by atoms with van der Waals surface area (Å²) in [5.41, 5.74) is 1.12. The van der Waals surface area contributed by atoms with Gasteiger partial charge in [-0.05, 0) is 65.2 Å². The number of rotatable bonds is 7. The monoisotopic (exact) mass is 494 g/mol. The summed E-state index contributed by atoms with van der Waals surface area (Å²) < 4.78 is 20.1. The number of tetrazole rings is 1. The molecule has 2 unspecified atom stereocenters. The van der Waals surface area contributed by atoms with Crippen LogP contribution < -0.4 is 4.74 Å². The summed E-state index contributed by atoms with van der Waals surface area (Å²) in [4.78, 5) is 6.70.